The molecule has 0 saturated heterocycles. The van der Waals surface area contributed by atoms with E-state index in [0.717, 1.165) is 30.8 Å². The highest BCUT2D eigenvalue weighted by Crippen LogP contribution is 2.20. The van der Waals surface area contributed by atoms with Crippen molar-refractivity contribution in [3.63, 3.8) is 0 Å². The van der Waals surface area contributed by atoms with Crippen LogP contribution in [0.4, 0.5) is 21.8 Å². The summed E-state index contributed by atoms with van der Waals surface area (Å²) in [5.74, 6) is 7.04. The number of carbonyl (C=O) groups excluding carboxylic acids is 1. The summed E-state index contributed by atoms with van der Waals surface area (Å²) in [6, 6.07) is 5.95. The zero-order chi connectivity index (χ0) is 22.6. The Balaban J connectivity index is 2.05. The molecule has 0 spiro atoms. The van der Waals surface area contributed by atoms with Gasteiger partial charge in [0.25, 0.3) is 0 Å². The maximum absolute atomic E-state index is 13.4. The van der Waals surface area contributed by atoms with Gasteiger partial charge in [-0.3, -0.25) is 4.79 Å². The van der Waals surface area contributed by atoms with Crippen molar-refractivity contribution in [1.29, 1.82) is 0 Å². The summed E-state index contributed by atoms with van der Waals surface area (Å²) >= 11 is 0. The molecule has 1 atom stereocenters. The molecular formula is C23H31FN6O. The maximum Gasteiger partial charge on any atom is 0.236 e. The number of rotatable bonds is 10. The third-order valence-corrected chi connectivity index (χ3v) is 4.60. The normalized spacial score (nSPS) is 11.3. The average Bonchev–Trinajstić information content (AvgIpc) is 2.76. The number of anilines is 3. The molecule has 0 bridgehead atoms. The van der Waals surface area contributed by atoms with E-state index in [4.69, 9.17) is 0 Å². The lowest BCUT2D eigenvalue weighted by Gasteiger charge is -2.19. The van der Waals surface area contributed by atoms with Crippen LogP contribution in [0.25, 0.3) is 0 Å². The molecule has 31 heavy (non-hydrogen) atoms. The first-order valence-corrected chi connectivity index (χ1v) is 10.5. The van der Waals surface area contributed by atoms with E-state index >= 15 is 0 Å². The SMILES string of the molecule is CCCN(C)c1nc(Nc2cccc(F)c2)ncc1C#CCCCNC(=O)[C@H](C)NC. The van der Waals surface area contributed by atoms with Gasteiger partial charge in [0.1, 0.15) is 11.6 Å². The standard InChI is InChI=1S/C23H31FN6O/c1-5-14-30(4)21-18(10-7-6-8-13-26-22(31)17(2)25-3)16-27-23(29-21)28-20-12-9-11-19(24)15-20/h9,11-12,15-17,25H,5-6,8,13-14H2,1-4H3,(H,26,31)(H,27,28,29)/t17-/m0/s1. The number of carbonyl (C=O) groups is 1. The Morgan fingerprint density at radius 2 is 2.16 bits per heavy atom. The van der Waals surface area contributed by atoms with Crippen molar-refractivity contribution in [2.75, 3.05) is 37.4 Å². The van der Waals surface area contributed by atoms with Crippen LogP contribution in [0.3, 0.4) is 0 Å². The molecule has 3 N–H and O–H groups in total. The largest absolute Gasteiger partial charge is 0.358 e. The third kappa shape index (κ3) is 7.87. The highest BCUT2D eigenvalue weighted by atomic mass is 19.1. The molecule has 166 valence electrons. The van der Waals surface area contributed by atoms with Crippen molar-refractivity contribution in [2.24, 2.45) is 0 Å². The lowest BCUT2D eigenvalue weighted by molar-refractivity contribution is -0.122. The van der Waals surface area contributed by atoms with E-state index in [9.17, 15) is 9.18 Å². The van der Waals surface area contributed by atoms with Crippen molar-refractivity contribution < 1.29 is 9.18 Å². The molecule has 2 rings (SSSR count). The Bertz CT molecular complexity index is 924. The molecule has 1 aromatic carbocycles. The average molecular weight is 427 g/mol. The van der Waals surface area contributed by atoms with Crippen LogP contribution < -0.4 is 20.9 Å². The predicted molar refractivity (Wildman–Crippen MR) is 123 cm³/mol. The second-order valence-corrected chi connectivity index (χ2v) is 7.19. The van der Waals surface area contributed by atoms with Crippen LogP contribution >= 0.6 is 0 Å². The Morgan fingerprint density at radius 3 is 2.87 bits per heavy atom. The van der Waals surface area contributed by atoms with Crippen LogP contribution in [0.5, 0.6) is 0 Å². The summed E-state index contributed by atoms with van der Waals surface area (Å²) < 4.78 is 13.4. The number of hydrogen-bond donors (Lipinski definition) is 3. The number of hydrogen-bond acceptors (Lipinski definition) is 6. The number of aromatic nitrogens is 2. The van der Waals surface area contributed by atoms with Crippen molar-refractivity contribution in [3.8, 4) is 11.8 Å². The number of halogens is 1. The van der Waals surface area contributed by atoms with Gasteiger partial charge in [0.15, 0.2) is 0 Å². The minimum atomic E-state index is -0.326. The predicted octanol–water partition coefficient (Wildman–Crippen LogP) is 3.06. The highest BCUT2D eigenvalue weighted by molar-refractivity contribution is 5.81. The summed E-state index contributed by atoms with van der Waals surface area (Å²) in [4.78, 5) is 22.7. The number of nitrogens with one attached hydrogen (secondary N) is 3. The van der Waals surface area contributed by atoms with Gasteiger partial charge in [0.2, 0.25) is 11.9 Å². The number of likely N-dealkylation sites (N-methyl/N-ethyl adjacent to an activating group) is 1. The van der Waals surface area contributed by atoms with E-state index in [1.54, 1.807) is 25.4 Å². The smallest absolute Gasteiger partial charge is 0.236 e. The Labute approximate surface area is 183 Å². The van der Waals surface area contributed by atoms with Gasteiger partial charge in [0.05, 0.1) is 17.8 Å². The fraction of sp³-hybridized carbons (Fsp3) is 0.435. The minimum Gasteiger partial charge on any atom is -0.358 e. The zero-order valence-corrected chi connectivity index (χ0v) is 18.6. The first-order chi connectivity index (χ1) is 14.9. The van der Waals surface area contributed by atoms with E-state index in [-0.39, 0.29) is 17.8 Å². The third-order valence-electron chi connectivity index (χ3n) is 4.60. The summed E-state index contributed by atoms with van der Waals surface area (Å²) in [6.45, 7) is 5.31. The van der Waals surface area contributed by atoms with Gasteiger partial charge in [-0.2, -0.15) is 4.98 Å². The van der Waals surface area contributed by atoms with Gasteiger partial charge in [-0.1, -0.05) is 24.8 Å². The number of nitrogens with zero attached hydrogens (tertiary/aromatic N) is 3. The van der Waals surface area contributed by atoms with Crippen molar-refractivity contribution in [2.45, 2.75) is 39.2 Å². The lowest BCUT2D eigenvalue weighted by atomic mass is 10.2. The van der Waals surface area contributed by atoms with Crippen LogP contribution in [0.2, 0.25) is 0 Å². The van der Waals surface area contributed by atoms with Crippen LogP contribution in [-0.2, 0) is 4.79 Å². The molecule has 1 aromatic heterocycles. The van der Waals surface area contributed by atoms with Crippen LogP contribution in [0, 0.1) is 17.7 Å². The molecule has 0 fully saturated rings. The number of amides is 1. The second kappa shape index (κ2) is 12.5. The van der Waals surface area contributed by atoms with E-state index in [1.165, 1.54) is 12.1 Å². The number of unbranched alkanes of at least 4 members (excludes halogenated alkanes) is 1. The molecule has 0 radical (unpaired) electrons. The quantitative estimate of drug-likeness (QED) is 0.400. The van der Waals surface area contributed by atoms with E-state index < -0.39 is 0 Å². The molecule has 2 aromatic rings. The summed E-state index contributed by atoms with van der Waals surface area (Å²) in [7, 11) is 3.71. The molecule has 0 saturated carbocycles. The monoisotopic (exact) mass is 426 g/mol. The van der Waals surface area contributed by atoms with Crippen molar-refractivity contribution >= 4 is 23.4 Å². The summed E-state index contributed by atoms with van der Waals surface area (Å²) in [6.07, 6.45) is 4.05. The van der Waals surface area contributed by atoms with Gasteiger partial charge in [-0.05, 0) is 45.0 Å². The van der Waals surface area contributed by atoms with Crippen molar-refractivity contribution in [1.82, 2.24) is 20.6 Å². The van der Waals surface area contributed by atoms with Gasteiger partial charge < -0.3 is 20.9 Å². The topological polar surface area (TPSA) is 82.2 Å². The maximum atomic E-state index is 13.4. The molecule has 0 aliphatic heterocycles. The fourth-order valence-electron chi connectivity index (χ4n) is 2.78. The molecule has 0 aliphatic carbocycles. The molecule has 1 amide bonds. The Hall–Kier alpha value is -3.18. The van der Waals surface area contributed by atoms with Crippen LogP contribution in [0.1, 0.15) is 38.7 Å². The zero-order valence-electron chi connectivity index (χ0n) is 18.6. The molecule has 0 unspecified atom stereocenters. The van der Waals surface area contributed by atoms with E-state index in [1.807, 2.05) is 18.9 Å². The second-order valence-electron chi connectivity index (χ2n) is 7.19. The van der Waals surface area contributed by atoms with E-state index in [0.29, 0.717) is 24.6 Å². The van der Waals surface area contributed by atoms with Gasteiger partial charge in [0, 0.05) is 32.2 Å². The Kier molecular flexibility index (Phi) is 9.72. The van der Waals surface area contributed by atoms with Gasteiger partial charge >= 0.3 is 0 Å². The first kappa shape index (κ1) is 24.1. The summed E-state index contributed by atoms with van der Waals surface area (Å²) in [5.41, 5.74) is 1.31. The number of benzene rings is 1. The van der Waals surface area contributed by atoms with Gasteiger partial charge in [-0.25, -0.2) is 9.37 Å². The van der Waals surface area contributed by atoms with E-state index in [2.05, 4.69) is 44.7 Å². The molecular weight excluding hydrogens is 395 g/mol. The molecule has 8 heteroatoms. The molecule has 1 heterocycles. The molecule has 7 nitrogen and oxygen atoms in total. The summed E-state index contributed by atoms with van der Waals surface area (Å²) in [5, 5.41) is 8.82. The minimum absolute atomic E-state index is 0.0197. The fourth-order valence-corrected chi connectivity index (χ4v) is 2.78. The van der Waals surface area contributed by atoms with Crippen LogP contribution in [-0.4, -0.2) is 49.1 Å². The molecule has 0 aliphatic rings. The van der Waals surface area contributed by atoms with Gasteiger partial charge in [-0.15, -0.1) is 0 Å². The van der Waals surface area contributed by atoms with Crippen LogP contribution in [0.15, 0.2) is 30.5 Å². The lowest BCUT2D eigenvalue weighted by Crippen LogP contribution is -2.40. The first-order valence-electron chi connectivity index (χ1n) is 10.5. The highest BCUT2D eigenvalue weighted by Gasteiger charge is 2.11. The Morgan fingerprint density at radius 1 is 1.35 bits per heavy atom. The van der Waals surface area contributed by atoms with Crippen molar-refractivity contribution in [3.05, 3.63) is 41.8 Å².